The molecule has 2 amide bonds. The zero-order chi connectivity index (χ0) is 18.0. The van der Waals surface area contributed by atoms with E-state index < -0.39 is 17.6 Å². The van der Waals surface area contributed by atoms with Crippen LogP contribution >= 0.6 is 0 Å². The molecule has 0 bridgehead atoms. The molecule has 1 N–H and O–H groups in total. The lowest BCUT2D eigenvalue weighted by Crippen LogP contribution is -2.43. The largest absolute Gasteiger partial charge is 0.442 e. The van der Waals surface area contributed by atoms with Crippen LogP contribution in [0.4, 0.5) is 4.79 Å². The summed E-state index contributed by atoms with van der Waals surface area (Å²) in [6.07, 6.45) is -0.683. The molecule has 5 heteroatoms. The molecule has 0 aliphatic carbocycles. The van der Waals surface area contributed by atoms with Crippen LogP contribution in [0.2, 0.25) is 0 Å². The van der Waals surface area contributed by atoms with E-state index in [9.17, 15) is 9.59 Å². The Morgan fingerprint density at radius 3 is 2.00 bits per heavy atom. The molecule has 2 atom stereocenters. The fourth-order valence-corrected chi connectivity index (χ4v) is 2.93. The molecule has 25 heavy (non-hydrogen) atoms. The first-order valence-corrected chi connectivity index (χ1v) is 8.30. The Morgan fingerprint density at radius 1 is 0.960 bits per heavy atom. The maximum Gasteiger partial charge on any atom is 0.432 e. The zero-order valence-electron chi connectivity index (χ0n) is 14.6. The van der Waals surface area contributed by atoms with Crippen LogP contribution in [0.25, 0.3) is 0 Å². The van der Waals surface area contributed by atoms with Crippen molar-refractivity contribution < 1.29 is 14.3 Å². The molecule has 1 saturated heterocycles. The Hall–Kier alpha value is -2.66. The quantitative estimate of drug-likeness (QED) is 0.905. The molecule has 1 aliphatic heterocycles. The first-order valence-electron chi connectivity index (χ1n) is 8.30. The second-order valence-electron chi connectivity index (χ2n) is 7.06. The lowest BCUT2D eigenvalue weighted by atomic mass is 9.88. The average molecular weight is 338 g/mol. The fourth-order valence-electron chi connectivity index (χ4n) is 2.93. The lowest BCUT2D eigenvalue weighted by Gasteiger charge is -2.23. The van der Waals surface area contributed by atoms with Crippen LogP contribution in [0.15, 0.2) is 60.7 Å². The summed E-state index contributed by atoms with van der Waals surface area (Å²) in [4.78, 5) is 25.4. The van der Waals surface area contributed by atoms with Gasteiger partial charge in [0.15, 0.2) is 0 Å². The molecule has 1 fully saturated rings. The molecule has 1 aliphatic rings. The summed E-state index contributed by atoms with van der Waals surface area (Å²) in [5.41, 5.74) is 4.16. The molecule has 0 unspecified atom stereocenters. The van der Waals surface area contributed by atoms with Gasteiger partial charge in [0.2, 0.25) is 0 Å². The minimum atomic E-state index is -0.683. The van der Waals surface area contributed by atoms with Crippen molar-refractivity contribution in [3.8, 4) is 0 Å². The number of nitrogens with zero attached hydrogens (tertiary/aromatic N) is 1. The van der Waals surface area contributed by atoms with Gasteiger partial charge in [-0.3, -0.25) is 4.79 Å². The first kappa shape index (κ1) is 17.2. The van der Waals surface area contributed by atoms with Gasteiger partial charge in [-0.1, -0.05) is 60.7 Å². The van der Waals surface area contributed by atoms with Gasteiger partial charge >= 0.3 is 6.09 Å². The van der Waals surface area contributed by atoms with Gasteiger partial charge in [-0.15, -0.1) is 0 Å². The van der Waals surface area contributed by atoms with Crippen molar-refractivity contribution in [2.45, 2.75) is 38.3 Å². The van der Waals surface area contributed by atoms with Crippen molar-refractivity contribution in [1.82, 2.24) is 10.4 Å². The van der Waals surface area contributed by atoms with Crippen LogP contribution in [-0.4, -0.2) is 22.6 Å². The summed E-state index contributed by atoms with van der Waals surface area (Å²) in [7, 11) is 0. The van der Waals surface area contributed by atoms with Gasteiger partial charge < -0.3 is 4.74 Å². The zero-order valence-corrected chi connectivity index (χ0v) is 14.6. The Labute approximate surface area is 147 Å². The Balaban J connectivity index is 1.96. The topological polar surface area (TPSA) is 58.6 Å². The summed E-state index contributed by atoms with van der Waals surface area (Å²) in [6.45, 7) is 5.32. The third-order valence-electron chi connectivity index (χ3n) is 3.98. The second-order valence-corrected chi connectivity index (χ2v) is 7.06. The van der Waals surface area contributed by atoms with Gasteiger partial charge in [0, 0.05) is 0 Å². The highest BCUT2D eigenvalue weighted by Crippen LogP contribution is 2.37. The summed E-state index contributed by atoms with van der Waals surface area (Å²) < 4.78 is 5.36. The maximum absolute atomic E-state index is 13.0. The summed E-state index contributed by atoms with van der Waals surface area (Å²) in [5.74, 6) is -0.801. The van der Waals surface area contributed by atoms with Crippen LogP contribution in [0.3, 0.4) is 0 Å². The minimum absolute atomic E-state index is 0.311. The molecular formula is C20H22N2O3. The predicted molar refractivity (Wildman–Crippen MR) is 94.6 cm³/mol. The highest BCUT2D eigenvalue weighted by Gasteiger charge is 2.46. The maximum atomic E-state index is 13.0. The third-order valence-corrected chi connectivity index (χ3v) is 3.98. The Kier molecular flexibility index (Phi) is 4.59. The average Bonchev–Trinajstić information content (AvgIpc) is 2.92. The van der Waals surface area contributed by atoms with Gasteiger partial charge in [-0.25, -0.2) is 10.2 Å². The predicted octanol–water partition coefficient (Wildman–Crippen LogP) is 3.79. The smallest absolute Gasteiger partial charge is 0.432 e. The number of ether oxygens (including phenoxy) is 1. The number of imide groups is 1. The molecule has 130 valence electrons. The molecule has 1 heterocycles. The van der Waals surface area contributed by atoms with Crippen LogP contribution < -0.4 is 5.43 Å². The van der Waals surface area contributed by atoms with E-state index in [2.05, 4.69) is 5.43 Å². The lowest BCUT2D eigenvalue weighted by molar-refractivity contribution is -0.129. The van der Waals surface area contributed by atoms with Gasteiger partial charge in [-0.05, 0) is 31.9 Å². The highest BCUT2D eigenvalue weighted by molar-refractivity contribution is 5.97. The number of carbonyl (C=O) groups is 2. The molecule has 0 aromatic heterocycles. The normalized spacial score (nSPS) is 20.6. The second kappa shape index (κ2) is 6.69. The monoisotopic (exact) mass is 338 g/mol. The number of amides is 2. The molecule has 0 saturated carbocycles. The van der Waals surface area contributed by atoms with E-state index >= 15 is 0 Å². The van der Waals surface area contributed by atoms with Crippen molar-refractivity contribution in [3.05, 3.63) is 71.8 Å². The van der Waals surface area contributed by atoms with Gasteiger partial charge in [-0.2, -0.15) is 5.01 Å². The van der Waals surface area contributed by atoms with E-state index in [1.54, 1.807) is 20.8 Å². The molecule has 2 aromatic carbocycles. The fraction of sp³-hybridized carbons (Fsp3) is 0.300. The van der Waals surface area contributed by atoms with Crippen molar-refractivity contribution >= 4 is 12.0 Å². The van der Waals surface area contributed by atoms with E-state index in [4.69, 9.17) is 4.74 Å². The standard InChI is InChI=1S/C20H22N2O3/c1-20(2,3)25-19(24)22-18(23)16(14-10-6-4-7-11-14)17(21-22)15-12-8-5-9-13-15/h4-13,16-17,21H,1-3H3/t16-,17-/m0/s1. The van der Waals surface area contributed by atoms with Crippen molar-refractivity contribution in [1.29, 1.82) is 0 Å². The van der Waals surface area contributed by atoms with E-state index in [1.807, 2.05) is 60.7 Å². The van der Waals surface area contributed by atoms with E-state index in [0.29, 0.717) is 0 Å². The molecule has 0 radical (unpaired) electrons. The number of hydrogen-bond donors (Lipinski definition) is 1. The number of benzene rings is 2. The van der Waals surface area contributed by atoms with Crippen molar-refractivity contribution in [2.24, 2.45) is 0 Å². The number of carbonyl (C=O) groups excluding carboxylic acids is 2. The molecule has 0 spiro atoms. The highest BCUT2D eigenvalue weighted by atomic mass is 16.6. The van der Waals surface area contributed by atoms with Gasteiger partial charge in [0.05, 0.1) is 12.0 Å². The molecule has 2 aromatic rings. The summed E-state index contributed by atoms with van der Waals surface area (Å²) in [6, 6.07) is 18.8. The SMILES string of the molecule is CC(C)(C)OC(=O)N1N[C@@H](c2ccccc2)[C@H](c2ccccc2)C1=O. The number of nitrogens with one attached hydrogen (secondary N) is 1. The van der Waals surface area contributed by atoms with Crippen molar-refractivity contribution in [2.75, 3.05) is 0 Å². The minimum Gasteiger partial charge on any atom is -0.442 e. The molecule has 5 nitrogen and oxygen atoms in total. The van der Waals surface area contributed by atoms with E-state index in [1.165, 1.54) is 0 Å². The summed E-state index contributed by atoms with van der Waals surface area (Å²) in [5, 5.41) is 1.00. The van der Waals surface area contributed by atoms with Gasteiger partial charge in [0.1, 0.15) is 5.60 Å². The van der Waals surface area contributed by atoms with Crippen LogP contribution in [-0.2, 0) is 9.53 Å². The first-order chi connectivity index (χ1) is 11.9. The third kappa shape index (κ3) is 3.72. The summed E-state index contributed by atoms with van der Waals surface area (Å²) >= 11 is 0. The van der Waals surface area contributed by atoms with E-state index in [-0.39, 0.29) is 11.9 Å². The number of hydrogen-bond acceptors (Lipinski definition) is 4. The number of rotatable bonds is 2. The Bertz CT molecular complexity index is 754. The molecule has 3 rings (SSSR count). The van der Waals surface area contributed by atoms with Crippen molar-refractivity contribution in [3.63, 3.8) is 0 Å². The van der Waals surface area contributed by atoms with Crippen LogP contribution in [0.1, 0.15) is 43.9 Å². The van der Waals surface area contributed by atoms with E-state index in [0.717, 1.165) is 16.1 Å². The van der Waals surface area contributed by atoms with Gasteiger partial charge in [0.25, 0.3) is 5.91 Å². The Morgan fingerprint density at radius 2 is 1.48 bits per heavy atom. The molecular weight excluding hydrogens is 316 g/mol. The number of hydrazine groups is 1. The van der Waals surface area contributed by atoms with Crippen LogP contribution in [0.5, 0.6) is 0 Å². The van der Waals surface area contributed by atoms with Crippen LogP contribution in [0, 0.1) is 0 Å².